The summed E-state index contributed by atoms with van der Waals surface area (Å²) in [7, 11) is 0. The van der Waals surface area contributed by atoms with E-state index in [1.165, 1.54) is 0 Å². The number of rotatable bonds is 5. The lowest BCUT2D eigenvalue weighted by Gasteiger charge is -2.38. The van der Waals surface area contributed by atoms with Crippen LogP contribution in [0.4, 0.5) is 0 Å². The molecular weight excluding hydrogens is 364 g/mol. The zero-order valence-electron chi connectivity index (χ0n) is 15.3. The maximum Gasteiger partial charge on any atom is 0.328 e. The molecule has 2 aromatic carbocycles. The zero-order valence-corrected chi connectivity index (χ0v) is 16.1. The predicted molar refractivity (Wildman–Crippen MR) is 105 cm³/mol. The highest BCUT2D eigenvalue weighted by atomic mass is 35.5. The molecule has 3 rings (SSSR count). The summed E-state index contributed by atoms with van der Waals surface area (Å²) in [4.78, 5) is 29.1. The van der Waals surface area contributed by atoms with E-state index < -0.39 is 6.04 Å². The molecular formula is C21H23ClN2O3. The molecule has 27 heavy (non-hydrogen) atoms. The first-order valence-electron chi connectivity index (χ1n) is 9.10. The van der Waals surface area contributed by atoms with Gasteiger partial charge in [0.05, 0.1) is 6.61 Å². The molecule has 6 heteroatoms. The third kappa shape index (κ3) is 4.67. The van der Waals surface area contributed by atoms with Gasteiger partial charge in [-0.3, -0.25) is 9.69 Å². The van der Waals surface area contributed by atoms with Gasteiger partial charge in [-0.05, 0) is 36.8 Å². The maximum atomic E-state index is 12.6. The molecule has 1 heterocycles. The first kappa shape index (κ1) is 19.4. The summed E-state index contributed by atoms with van der Waals surface area (Å²) >= 11 is 5.98. The van der Waals surface area contributed by atoms with Gasteiger partial charge in [0.25, 0.3) is 5.91 Å². The fraction of sp³-hybridized carbons (Fsp3) is 0.333. The summed E-state index contributed by atoms with van der Waals surface area (Å²) in [6.07, 6.45) is 0. The van der Waals surface area contributed by atoms with Crippen LogP contribution >= 0.6 is 11.6 Å². The van der Waals surface area contributed by atoms with Crippen LogP contribution in [0, 0.1) is 0 Å². The summed E-state index contributed by atoms with van der Waals surface area (Å²) < 4.78 is 5.29. The van der Waals surface area contributed by atoms with Crippen LogP contribution in [0.3, 0.4) is 0 Å². The van der Waals surface area contributed by atoms with Gasteiger partial charge in [0.1, 0.15) is 6.04 Å². The third-order valence-electron chi connectivity index (χ3n) is 4.68. The van der Waals surface area contributed by atoms with Crippen molar-refractivity contribution in [2.75, 3.05) is 32.8 Å². The average molecular weight is 387 g/mol. The molecule has 0 N–H and O–H groups in total. The number of amides is 1. The SMILES string of the molecule is CCOC(=O)C(c1ccc(Cl)cc1)N1CCN(C(=O)c2ccccc2)CC1. The van der Waals surface area contributed by atoms with Gasteiger partial charge < -0.3 is 9.64 Å². The van der Waals surface area contributed by atoms with Crippen molar-refractivity contribution in [3.05, 3.63) is 70.7 Å². The van der Waals surface area contributed by atoms with Crippen molar-refractivity contribution in [3.63, 3.8) is 0 Å². The minimum atomic E-state index is -0.490. The molecule has 0 radical (unpaired) electrons. The lowest BCUT2D eigenvalue weighted by Crippen LogP contribution is -2.51. The normalized spacial score (nSPS) is 16.0. The topological polar surface area (TPSA) is 49.9 Å². The number of carbonyl (C=O) groups is 2. The van der Waals surface area contributed by atoms with Crippen molar-refractivity contribution >= 4 is 23.5 Å². The van der Waals surface area contributed by atoms with E-state index in [0.717, 1.165) is 5.56 Å². The number of piperazine rings is 1. The summed E-state index contributed by atoms with van der Waals surface area (Å²) in [5.74, 6) is -0.253. The molecule has 1 fully saturated rings. The second kappa shape index (κ2) is 9.02. The highest BCUT2D eigenvalue weighted by Crippen LogP contribution is 2.25. The second-order valence-electron chi connectivity index (χ2n) is 6.40. The van der Waals surface area contributed by atoms with Gasteiger partial charge >= 0.3 is 5.97 Å². The lowest BCUT2D eigenvalue weighted by atomic mass is 10.0. The van der Waals surface area contributed by atoms with Crippen molar-refractivity contribution in [3.8, 4) is 0 Å². The predicted octanol–water partition coefficient (Wildman–Crippen LogP) is 3.40. The number of ether oxygens (including phenoxy) is 1. The van der Waals surface area contributed by atoms with Gasteiger partial charge in [-0.25, -0.2) is 4.79 Å². The number of halogens is 1. The smallest absolute Gasteiger partial charge is 0.328 e. The van der Waals surface area contributed by atoms with E-state index in [1.807, 2.05) is 47.4 Å². The number of nitrogens with zero attached hydrogens (tertiary/aromatic N) is 2. The molecule has 1 saturated heterocycles. The molecule has 1 aliphatic rings. The van der Waals surface area contributed by atoms with Gasteiger partial charge in [0.15, 0.2) is 0 Å². The van der Waals surface area contributed by atoms with E-state index in [0.29, 0.717) is 43.4 Å². The van der Waals surface area contributed by atoms with Crippen LogP contribution in [-0.4, -0.2) is 54.5 Å². The van der Waals surface area contributed by atoms with Crippen molar-refractivity contribution < 1.29 is 14.3 Å². The molecule has 0 bridgehead atoms. The molecule has 0 aromatic heterocycles. The maximum absolute atomic E-state index is 12.6. The number of esters is 1. The standard InChI is InChI=1S/C21H23ClN2O3/c1-2-27-21(26)19(16-8-10-18(22)11-9-16)23-12-14-24(15-13-23)20(25)17-6-4-3-5-7-17/h3-11,19H,2,12-15H2,1H3. The average Bonchev–Trinajstić information content (AvgIpc) is 2.70. The Bertz CT molecular complexity index is 772. The Hall–Kier alpha value is -2.37. The van der Waals surface area contributed by atoms with Gasteiger partial charge in [0, 0.05) is 36.8 Å². The molecule has 2 aromatic rings. The van der Waals surface area contributed by atoms with Gasteiger partial charge in [-0.1, -0.05) is 41.9 Å². The van der Waals surface area contributed by atoms with E-state index in [4.69, 9.17) is 16.3 Å². The first-order chi connectivity index (χ1) is 13.1. The second-order valence-corrected chi connectivity index (χ2v) is 6.84. The molecule has 0 saturated carbocycles. The lowest BCUT2D eigenvalue weighted by molar-refractivity contribution is -0.150. The van der Waals surface area contributed by atoms with Crippen molar-refractivity contribution in [1.29, 1.82) is 0 Å². The molecule has 1 unspecified atom stereocenters. The molecule has 0 aliphatic carbocycles. The Morgan fingerprint density at radius 3 is 2.22 bits per heavy atom. The van der Waals surface area contributed by atoms with E-state index in [9.17, 15) is 9.59 Å². The Labute approximate surface area is 164 Å². The molecule has 1 atom stereocenters. The van der Waals surface area contributed by atoms with Crippen molar-refractivity contribution in [1.82, 2.24) is 9.80 Å². The monoisotopic (exact) mass is 386 g/mol. The fourth-order valence-corrected chi connectivity index (χ4v) is 3.43. The summed E-state index contributed by atoms with van der Waals surface area (Å²) in [5, 5.41) is 0.625. The number of hydrogen-bond donors (Lipinski definition) is 0. The number of hydrogen-bond acceptors (Lipinski definition) is 4. The number of benzene rings is 2. The molecule has 1 aliphatic heterocycles. The summed E-state index contributed by atoms with van der Waals surface area (Å²) in [6, 6.07) is 16.0. The Morgan fingerprint density at radius 2 is 1.63 bits per heavy atom. The van der Waals surface area contributed by atoms with Gasteiger partial charge in [-0.2, -0.15) is 0 Å². The highest BCUT2D eigenvalue weighted by Gasteiger charge is 2.32. The molecule has 1 amide bonds. The van der Waals surface area contributed by atoms with E-state index in [2.05, 4.69) is 4.90 Å². The largest absolute Gasteiger partial charge is 0.465 e. The van der Waals surface area contributed by atoms with E-state index in [-0.39, 0.29) is 11.9 Å². The summed E-state index contributed by atoms with van der Waals surface area (Å²) in [6.45, 7) is 4.46. The van der Waals surface area contributed by atoms with Crippen LogP contribution in [0.5, 0.6) is 0 Å². The molecule has 0 spiro atoms. The first-order valence-corrected chi connectivity index (χ1v) is 9.48. The molecule has 142 valence electrons. The van der Waals surface area contributed by atoms with Crippen LogP contribution < -0.4 is 0 Å². The Balaban J connectivity index is 1.71. The Kier molecular flexibility index (Phi) is 6.48. The van der Waals surface area contributed by atoms with E-state index in [1.54, 1.807) is 19.1 Å². The van der Waals surface area contributed by atoms with E-state index >= 15 is 0 Å². The van der Waals surface area contributed by atoms with Crippen LogP contribution in [0.2, 0.25) is 5.02 Å². The van der Waals surface area contributed by atoms with Crippen LogP contribution in [0.15, 0.2) is 54.6 Å². The van der Waals surface area contributed by atoms with Crippen LogP contribution in [-0.2, 0) is 9.53 Å². The fourth-order valence-electron chi connectivity index (χ4n) is 3.31. The van der Waals surface area contributed by atoms with Gasteiger partial charge in [0.2, 0.25) is 0 Å². The van der Waals surface area contributed by atoms with Crippen molar-refractivity contribution in [2.24, 2.45) is 0 Å². The van der Waals surface area contributed by atoms with Crippen LogP contribution in [0.25, 0.3) is 0 Å². The number of carbonyl (C=O) groups excluding carboxylic acids is 2. The summed E-state index contributed by atoms with van der Waals surface area (Å²) in [5.41, 5.74) is 1.53. The quantitative estimate of drug-likeness (QED) is 0.739. The zero-order chi connectivity index (χ0) is 19.2. The molecule has 5 nitrogen and oxygen atoms in total. The van der Waals surface area contributed by atoms with Gasteiger partial charge in [-0.15, -0.1) is 0 Å². The highest BCUT2D eigenvalue weighted by molar-refractivity contribution is 6.30. The van der Waals surface area contributed by atoms with Crippen molar-refractivity contribution in [2.45, 2.75) is 13.0 Å². The minimum absolute atomic E-state index is 0.0226. The Morgan fingerprint density at radius 1 is 1.00 bits per heavy atom. The van der Waals surface area contributed by atoms with Crippen LogP contribution in [0.1, 0.15) is 28.9 Å². The third-order valence-corrected chi connectivity index (χ3v) is 4.93. The minimum Gasteiger partial charge on any atom is -0.465 e.